The molecule has 0 radical (unpaired) electrons. The smallest absolute Gasteiger partial charge is 0.127 e. The maximum Gasteiger partial charge on any atom is 0.127 e. The van der Waals surface area contributed by atoms with Crippen molar-refractivity contribution in [1.29, 1.82) is 0 Å². The summed E-state index contributed by atoms with van der Waals surface area (Å²) in [4.78, 5) is 0. The molecular formula is C19H23FO3. The lowest BCUT2D eigenvalue weighted by atomic mass is 9.91. The first-order valence-electron chi connectivity index (χ1n) is 7.65. The van der Waals surface area contributed by atoms with E-state index in [1.807, 2.05) is 43.3 Å². The fourth-order valence-electron chi connectivity index (χ4n) is 2.59. The summed E-state index contributed by atoms with van der Waals surface area (Å²) in [6, 6.07) is 14.5. The highest BCUT2D eigenvalue weighted by Gasteiger charge is 2.31. The van der Waals surface area contributed by atoms with Crippen LogP contribution in [0.15, 0.2) is 48.5 Å². The summed E-state index contributed by atoms with van der Waals surface area (Å²) in [6.07, 6.45) is 0.666. The Bertz CT molecular complexity index is 609. The lowest BCUT2D eigenvalue weighted by Gasteiger charge is -2.31. The van der Waals surface area contributed by atoms with E-state index in [4.69, 9.17) is 14.2 Å². The molecule has 0 spiro atoms. The van der Waals surface area contributed by atoms with E-state index >= 15 is 0 Å². The third kappa shape index (κ3) is 4.30. The first-order valence-corrected chi connectivity index (χ1v) is 7.65. The van der Waals surface area contributed by atoms with Gasteiger partial charge in [0.2, 0.25) is 0 Å². The molecule has 4 heteroatoms. The van der Waals surface area contributed by atoms with Crippen LogP contribution in [0.5, 0.6) is 5.75 Å². The average Bonchev–Trinajstić information content (AvgIpc) is 2.58. The van der Waals surface area contributed by atoms with E-state index in [-0.39, 0.29) is 5.82 Å². The lowest BCUT2D eigenvalue weighted by molar-refractivity contribution is -0.0722. The van der Waals surface area contributed by atoms with Gasteiger partial charge >= 0.3 is 0 Å². The minimum atomic E-state index is -0.679. The predicted molar refractivity (Wildman–Crippen MR) is 88.0 cm³/mol. The molecule has 0 unspecified atom stereocenters. The van der Waals surface area contributed by atoms with E-state index in [9.17, 15) is 4.39 Å². The fourth-order valence-corrected chi connectivity index (χ4v) is 2.59. The van der Waals surface area contributed by atoms with Crippen LogP contribution in [0.4, 0.5) is 4.39 Å². The van der Waals surface area contributed by atoms with Gasteiger partial charge in [0, 0.05) is 20.3 Å². The SMILES string of the molecule is CC[C@@](COC)(OC)c1cc(F)cc(OCc2ccccc2)c1. The van der Waals surface area contributed by atoms with Crippen LogP contribution in [0.25, 0.3) is 0 Å². The van der Waals surface area contributed by atoms with Gasteiger partial charge in [-0.3, -0.25) is 0 Å². The number of rotatable bonds is 8. The van der Waals surface area contributed by atoms with Gasteiger partial charge in [0.15, 0.2) is 0 Å². The summed E-state index contributed by atoms with van der Waals surface area (Å²) >= 11 is 0. The van der Waals surface area contributed by atoms with Gasteiger partial charge in [0.05, 0.1) is 6.61 Å². The molecule has 0 fully saturated rings. The Morgan fingerprint density at radius 1 is 1.04 bits per heavy atom. The van der Waals surface area contributed by atoms with Crippen molar-refractivity contribution in [3.05, 3.63) is 65.5 Å². The maximum absolute atomic E-state index is 14.0. The van der Waals surface area contributed by atoms with Gasteiger partial charge in [-0.1, -0.05) is 37.3 Å². The van der Waals surface area contributed by atoms with Crippen molar-refractivity contribution in [2.75, 3.05) is 20.8 Å². The molecule has 124 valence electrons. The van der Waals surface area contributed by atoms with Gasteiger partial charge in [0.25, 0.3) is 0 Å². The van der Waals surface area contributed by atoms with Crippen molar-refractivity contribution >= 4 is 0 Å². The molecular weight excluding hydrogens is 295 g/mol. The minimum Gasteiger partial charge on any atom is -0.489 e. The zero-order chi connectivity index (χ0) is 16.7. The average molecular weight is 318 g/mol. The van der Waals surface area contributed by atoms with Gasteiger partial charge in [-0.05, 0) is 29.7 Å². The van der Waals surface area contributed by atoms with E-state index < -0.39 is 5.60 Å². The molecule has 2 aromatic carbocycles. The number of hydrogen-bond donors (Lipinski definition) is 0. The van der Waals surface area contributed by atoms with Crippen LogP contribution < -0.4 is 4.74 Å². The zero-order valence-corrected chi connectivity index (χ0v) is 13.8. The van der Waals surface area contributed by atoms with Gasteiger partial charge in [-0.15, -0.1) is 0 Å². The Morgan fingerprint density at radius 3 is 2.39 bits per heavy atom. The quantitative estimate of drug-likeness (QED) is 0.726. The molecule has 3 nitrogen and oxygen atoms in total. The summed E-state index contributed by atoms with van der Waals surface area (Å²) in [5.41, 5.74) is 1.07. The van der Waals surface area contributed by atoms with Gasteiger partial charge in [-0.25, -0.2) is 4.39 Å². The van der Waals surface area contributed by atoms with Crippen molar-refractivity contribution in [2.24, 2.45) is 0 Å². The molecule has 0 saturated carbocycles. The summed E-state index contributed by atoms with van der Waals surface area (Å²) in [5, 5.41) is 0. The number of halogens is 1. The van der Waals surface area contributed by atoms with Crippen LogP contribution in [0.2, 0.25) is 0 Å². The third-order valence-electron chi connectivity index (χ3n) is 3.99. The highest BCUT2D eigenvalue weighted by Crippen LogP contribution is 2.32. The normalized spacial score (nSPS) is 13.6. The molecule has 2 rings (SSSR count). The second kappa shape index (κ2) is 8.09. The fraction of sp³-hybridized carbons (Fsp3) is 0.368. The molecule has 0 heterocycles. The van der Waals surface area contributed by atoms with E-state index in [1.54, 1.807) is 14.2 Å². The monoisotopic (exact) mass is 318 g/mol. The molecule has 1 atom stereocenters. The summed E-state index contributed by atoms with van der Waals surface area (Å²) in [5.74, 6) is 0.131. The molecule has 0 aliphatic heterocycles. The molecule has 0 saturated heterocycles. The Balaban J connectivity index is 2.24. The molecule has 0 amide bonds. The topological polar surface area (TPSA) is 27.7 Å². The summed E-state index contributed by atoms with van der Waals surface area (Å²) in [7, 11) is 3.22. The third-order valence-corrected chi connectivity index (χ3v) is 3.99. The Hall–Kier alpha value is -1.91. The zero-order valence-electron chi connectivity index (χ0n) is 13.8. The van der Waals surface area contributed by atoms with E-state index in [1.165, 1.54) is 12.1 Å². The number of ether oxygens (including phenoxy) is 3. The van der Waals surface area contributed by atoms with Crippen LogP contribution in [0.1, 0.15) is 24.5 Å². The van der Waals surface area contributed by atoms with Crippen molar-refractivity contribution in [3.8, 4) is 5.75 Å². The molecule has 23 heavy (non-hydrogen) atoms. The predicted octanol–water partition coefficient (Wildman–Crippen LogP) is 4.30. The van der Waals surface area contributed by atoms with Crippen LogP contribution in [-0.2, 0) is 21.7 Å². The lowest BCUT2D eigenvalue weighted by Crippen LogP contribution is -2.33. The first-order chi connectivity index (χ1) is 11.1. The van der Waals surface area contributed by atoms with Gasteiger partial charge in [-0.2, -0.15) is 0 Å². The van der Waals surface area contributed by atoms with E-state index in [0.717, 1.165) is 5.56 Å². The van der Waals surface area contributed by atoms with Gasteiger partial charge < -0.3 is 14.2 Å². The largest absolute Gasteiger partial charge is 0.489 e. The van der Waals surface area contributed by atoms with E-state index in [0.29, 0.717) is 30.9 Å². The molecule has 0 bridgehead atoms. The number of methoxy groups -OCH3 is 2. The summed E-state index contributed by atoms with van der Waals surface area (Å²) in [6.45, 7) is 2.72. The molecule has 0 aliphatic rings. The highest BCUT2D eigenvalue weighted by molar-refractivity contribution is 5.34. The maximum atomic E-state index is 14.0. The van der Waals surface area contributed by atoms with Crippen molar-refractivity contribution in [3.63, 3.8) is 0 Å². The first kappa shape index (κ1) is 17.4. The molecule has 2 aromatic rings. The van der Waals surface area contributed by atoms with Crippen LogP contribution in [-0.4, -0.2) is 20.8 Å². The van der Waals surface area contributed by atoms with Crippen LogP contribution in [0, 0.1) is 5.82 Å². The molecule has 0 aliphatic carbocycles. The van der Waals surface area contributed by atoms with Gasteiger partial charge in [0.1, 0.15) is 23.8 Å². The van der Waals surface area contributed by atoms with Crippen molar-refractivity contribution < 1.29 is 18.6 Å². The second-order valence-electron chi connectivity index (χ2n) is 5.43. The molecule has 0 N–H and O–H groups in total. The number of hydrogen-bond acceptors (Lipinski definition) is 3. The summed E-state index contributed by atoms with van der Waals surface area (Å²) < 4.78 is 30.7. The van der Waals surface area contributed by atoms with Crippen molar-refractivity contribution in [1.82, 2.24) is 0 Å². The molecule has 0 aromatic heterocycles. The standard InChI is InChI=1S/C19H23FO3/c1-4-19(22-3,14-21-2)16-10-17(20)12-18(11-16)23-13-15-8-6-5-7-9-15/h5-12H,4,13-14H2,1-3H3/t19-/m0/s1. The number of benzene rings is 2. The van der Waals surface area contributed by atoms with Crippen molar-refractivity contribution in [2.45, 2.75) is 25.6 Å². The minimum absolute atomic E-state index is 0.349. The Morgan fingerprint density at radius 2 is 1.78 bits per heavy atom. The van der Waals surface area contributed by atoms with E-state index in [2.05, 4.69) is 0 Å². The van der Waals surface area contributed by atoms with Crippen LogP contribution >= 0.6 is 0 Å². The van der Waals surface area contributed by atoms with Crippen LogP contribution in [0.3, 0.4) is 0 Å². The Labute approximate surface area is 137 Å². The highest BCUT2D eigenvalue weighted by atomic mass is 19.1. The second-order valence-corrected chi connectivity index (χ2v) is 5.43. The Kier molecular flexibility index (Phi) is 6.13.